The lowest BCUT2D eigenvalue weighted by atomic mass is 9.73. The minimum absolute atomic E-state index is 0.296. The highest BCUT2D eigenvalue weighted by atomic mass is 19.1. The van der Waals surface area contributed by atoms with Crippen LogP contribution in [0.1, 0.15) is 38.2 Å². The molecule has 1 aliphatic rings. The van der Waals surface area contributed by atoms with Crippen LogP contribution >= 0.6 is 0 Å². The smallest absolute Gasteiger partial charge is 0.126 e. The van der Waals surface area contributed by atoms with Gasteiger partial charge in [0.05, 0.1) is 5.60 Å². The minimum atomic E-state index is -0.433. The third kappa shape index (κ3) is 3.18. The molecule has 3 atom stereocenters. The average molecular weight is 283 g/mol. The Morgan fingerprint density at radius 1 is 1.45 bits per heavy atom. The van der Waals surface area contributed by atoms with Gasteiger partial charge in [0.25, 0.3) is 0 Å². The fraction of sp³-hybridized carbons (Fsp3) is 0.625. The molecule has 0 spiro atoms. The fourth-order valence-electron chi connectivity index (χ4n) is 3.34. The van der Waals surface area contributed by atoms with Crippen LogP contribution in [-0.4, -0.2) is 18.8 Å². The molecule has 0 radical (unpaired) electrons. The predicted molar refractivity (Wildman–Crippen MR) is 75.4 cm³/mol. The summed E-state index contributed by atoms with van der Waals surface area (Å²) in [6.07, 6.45) is 4.29. The summed E-state index contributed by atoms with van der Waals surface area (Å²) in [6, 6.07) is 3.18. The van der Waals surface area contributed by atoms with Crippen molar-refractivity contribution in [3.8, 4) is 0 Å². The maximum absolute atomic E-state index is 13.7. The van der Waals surface area contributed by atoms with E-state index in [1.54, 1.807) is 7.11 Å². The van der Waals surface area contributed by atoms with Crippen molar-refractivity contribution in [1.82, 2.24) is 0 Å². The lowest BCUT2D eigenvalue weighted by molar-refractivity contribution is -0.0706. The van der Waals surface area contributed by atoms with Gasteiger partial charge in [-0.3, -0.25) is 0 Å². The van der Waals surface area contributed by atoms with Crippen molar-refractivity contribution in [2.24, 2.45) is 11.7 Å². The van der Waals surface area contributed by atoms with Gasteiger partial charge in [-0.1, -0.05) is 19.8 Å². The van der Waals surface area contributed by atoms with E-state index in [1.165, 1.54) is 12.5 Å². The molecule has 1 saturated carbocycles. The van der Waals surface area contributed by atoms with Gasteiger partial charge in [-0.2, -0.15) is 0 Å². The Morgan fingerprint density at radius 2 is 2.20 bits per heavy atom. The van der Waals surface area contributed by atoms with Gasteiger partial charge in [0.2, 0.25) is 0 Å². The molecule has 1 fully saturated rings. The molecule has 2 nitrogen and oxygen atoms in total. The number of methoxy groups -OCH3 is 1. The maximum atomic E-state index is 13.7. The van der Waals surface area contributed by atoms with Crippen LogP contribution in [0.2, 0.25) is 0 Å². The summed E-state index contributed by atoms with van der Waals surface area (Å²) in [5, 5.41) is 0. The summed E-state index contributed by atoms with van der Waals surface area (Å²) < 4.78 is 32.7. The van der Waals surface area contributed by atoms with E-state index in [-0.39, 0.29) is 6.04 Å². The van der Waals surface area contributed by atoms with Crippen molar-refractivity contribution >= 4 is 0 Å². The van der Waals surface area contributed by atoms with Crippen LogP contribution in [0, 0.1) is 17.6 Å². The molecule has 20 heavy (non-hydrogen) atoms. The Labute approximate surface area is 119 Å². The molecule has 0 heterocycles. The van der Waals surface area contributed by atoms with E-state index in [0.717, 1.165) is 31.4 Å². The van der Waals surface area contributed by atoms with Crippen molar-refractivity contribution < 1.29 is 13.5 Å². The van der Waals surface area contributed by atoms with Crippen molar-refractivity contribution in [2.75, 3.05) is 7.11 Å². The van der Waals surface area contributed by atoms with Crippen LogP contribution in [0.4, 0.5) is 8.78 Å². The van der Waals surface area contributed by atoms with E-state index in [2.05, 4.69) is 6.92 Å². The lowest BCUT2D eigenvalue weighted by Crippen LogP contribution is -2.53. The van der Waals surface area contributed by atoms with Gasteiger partial charge in [0.1, 0.15) is 11.6 Å². The quantitative estimate of drug-likeness (QED) is 0.919. The first-order valence-electron chi connectivity index (χ1n) is 7.21. The van der Waals surface area contributed by atoms with Crippen LogP contribution in [0.15, 0.2) is 18.2 Å². The van der Waals surface area contributed by atoms with Gasteiger partial charge < -0.3 is 10.5 Å². The zero-order valence-electron chi connectivity index (χ0n) is 12.2. The highest BCUT2D eigenvalue weighted by Crippen LogP contribution is 2.37. The number of ether oxygens (including phenoxy) is 1. The van der Waals surface area contributed by atoms with Crippen LogP contribution in [0.3, 0.4) is 0 Å². The van der Waals surface area contributed by atoms with Crippen molar-refractivity contribution in [2.45, 2.75) is 50.7 Å². The molecule has 2 rings (SSSR count). The zero-order valence-corrected chi connectivity index (χ0v) is 12.2. The van der Waals surface area contributed by atoms with E-state index in [0.29, 0.717) is 17.9 Å². The van der Waals surface area contributed by atoms with Crippen LogP contribution in [-0.2, 0) is 11.2 Å². The third-order valence-corrected chi connectivity index (χ3v) is 4.52. The molecule has 0 bridgehead atoms. The fourth-order valence-corrected chi connectivity index (χ4v) is 3.34. The third-order valence-electron chi connectivity index (χ3n) is 4.52. The Bertz CT molecular complexity index is 466. The summed E-state index contributed by atoms with van der Waals surface area (Å²) in [5.74, 6) is -0.291. The molecule has 1 aromatic carbocycles. The highest BCUT2D eigenvalue weighted by molar-refractivity contribution is 5.21. The maximum Gasteiger partial charge on any atom is 0.126 e. The normalized spacial score (nSPS) is 28.4. The lowest BCUT2D eigenvalue weighted by Gasteiger charge is -2.43. The van der Waals surface area contributed by atoms with Gasteiger partial charge in [0, 0.05) is 13.2 Å². The first-order valence-corrected chi connectivity index (χ1v) is 7.21. The summed E-state index contributed by atoms with van der Waals surface area (Å²) in [7, 11) is 1.67. The molecule has 0 amide bonds. The molecule has 0 aliphatic heterocycles. The summed E-state index contributed by atoms with van der Waals surface area (Å²) in [6.45, 7) is 2.18. The molecule has 2 N–H and O–H groups in total. The number of hydrogen-bond acceptors (Lipinski definition) is 2. The van der Waals surface area contributed by atoms with Crippen molar-refractivity contribution in [3.05, 3.63) is 35.4 Å². The van der Waals surface area contributed by atoms with Crippen LogP contribution in [0.25, 0.3) is 0 Å². The second-order valence-corrected chi connectivity index (χ2v) is 6.02. The summed E-state index contributed by atoms with van der Waals surface area (Å²) in [5.41, 5.74) is 6.20. The van der Waals surface area contributed by atoms with Crippen LogP contribution < -0.4 is 5.73 Å². The molecular formula is C16H23F2NO. The monoisotopic (exact) mass is 283 g/mol. The zero-order chi connectivity index (χ0) is 14.8. The Morgan fingerprint density at radius 3 is 2.85 bits per heavy atom. The van der Waals surface area contributed by atoms with E-state index >= 15 is 0 Å². The molecule has 112 valence electrons. The van der Waals surface area contributed by atoms with Crippen molar-refractivity contribution in [3.63, 3.8) is 0 Å². The number of hydrogen-bond donors (Lipinski definition) is 1. The summed E-state index contributed by atoms with van der Waals surface area (Å²) >= 11 is 0. The van der Waals surface area contributed by atoms with E-state index < -0.39 is 17.2 Å². The largest absolute Gasteiger partial charge is 0.377 e. The molecule has 1 aliphatic carbocycles. The van der Waals surface area contributed by atoms with E-state index in [9.17, 15) is 8.78 Å². The Hall–Kier alpha value is -1.00. The Kier molecular flexibility index (Phi) is 4.76. The van der Waals surface area contributed by atoms with Gasteiger partial charge in [-0.25, -0.2) is 8.78 Å². The second-order valence-electron chi connectivity index (χ2n) is 6.02. The first-order chi connectivity index (χ1) is 9.47. The van der Waals surface area contributed by atoms with Gasteiger partial charge in [0.15, 0.2) is 0 Å². The minimum Gasteiger partial charge on any atom is -0.377 e. The number of halogens is 2. The number of nitrogens with two attached hydrogens (primary N) is 1. The standard InChI is InChI=1S/C16H23F2NO/c1-11-4-3-7-16(10-11,20-2)15(19)9-12-8-13(17)5-6-14(12)18/h5-6,8,11,15H,3-4,7,9-10,19H2,1-2H3. The molecule has 1 aromatic rings. The van der Waals surface area contributed by atoms with Crippen molar-refractivity contribution in [1.29, 1.82) is 0 Å². The predicted octanol–water partition coefficient (Wildman–Crippen LogP) is 3.43. The number of benzene rings is 1. The van der Waals surface area contributed by atoms with E-state index in [4.69, 9.17) is 10.5 Å². The second kappa shape index (κ2) is 6.19. The molecule has 0 saturated heterocycles. The molecule has 3 unspecified atom stereocenters. The van der Waals surface area contributed by atoms with E-state index in [1.807, 2.05) is 0 Å². The van der Waals surface area contributed by atoms with Crippen LogP contribution in [0.5, 0.6) is 0 Å². The average Bonchev–Trinajstić information content (AvgIpc) is 2.42. The van der Waals surface area contributed by atoms with Gasteiger partial charge in [-0.05, 0) is 48.9 Å². The Balaban J connectivity index is 2.16. The molecule has 4 heteroatoms. The first kappa shape index (κ1) is 15.4. The SMILES string of the molecule is COC1(C(N)Cc2cc(F)ccc2F)CCCC(C)C1. The van der Waals surface area contributed by atoms with Gasteiger partial charge >= 0.3 is 0 Å². The van der Waals surface area contributed by atoms with Gasteiger partial charge in [-0.15, -0.1) is 0 Å². The number of rotatable bonds is 4. The highest BCUT2D eigenvalue weighted by Gasteiger charge is 2.40. The summed E-state index contributed by atoms with van der Waals surface area (Å²) in [4.78, 5) is 0. The molecule has 0 aromatic heterocycles. The molecular weight excluding hydrogens is 260 g/mol. The topological polar surface area (TPSA) is 35.2 Å².